The van der Waals surface area contributed by atoms with Gasteiger partial charge in [-0.1, -0.05) is 32.0 Å². The highest BCUT2D eigenvalue weighted by Gasteiger charge is 2.12. The monoisotopic (exact) mass is 271 g/mol. The number of ether oxygens (including phenoxy) is 1. The summed E-state index contributed by atoms with van der Waals surface area (Å²) in [4.78, 5) is 2.18. The Hall–Kier alpha value is -0.730. The smallest absolute Gasteiger partial charge is 0.118 e. The fraction of sp³-hybridized carbons (Fsp3) is 0.600. The molecule has 0 saturated carbocycles. The van der Waals surface area contributed by atoms with E-state index < -0.39 is 0 Å². The van der Waals surface area contributed by atoms with Crippen molar-refractivity contribution in [2.45, 2.75) is 25.6 Å². The Kier molecular flexibility index (Phi) is 9.80. The van der Waals surface area contributed by atoms with Gasteiger partial charge in [0.15, 0.2) is 0 Å². The van der Waals surface area contributed by atoms with E-state index in [2.05, 4.69) is 32.8 Å². The molecule has 3 heteroatoms. The van der Waals surface area contributed by atoms with Gasteiger partial charge in [0.25, 0.3) is 0 Å². The zero-order valence-electron chi connectivity index (χ0n) is 12.2. The molecule has 0 fully saturated rings. The highest BCUT2D eigenvalue weighted by molar-refractivity contribution is 6.20. The molecule has 0 aliphatic carbocycles. The highest BCUT2D eigenvalue weighted by Crippen LogP contribution is 2.13. The van der Waals surface area contributed by atoms with E-state index >= 15 is 0 Å². The average Bonchev–Trinajstić information content (AvgIpc) is 2.38. The Morgan fingerprint density at radius 2 is 1.78 bits per heavy atom. The van der Waals surface area contributed by atoms with Crippen molar-refractivity contribution in [3.8, 4) is 5.75 Å². The summed E-state index contributed by atoms with van der Waals surface area (Å²) in [5.74, 6) is 1.51. The number of hydrogen-bond acceptors (Lipinski definition) is 2. The summed E-state index contributed by atoms with van der Waals surface area (Å²) in [6.07, 6.45) is 1.07. The lowest BCUT2D eigenvalue weighted by Crippen LogP contribution is -2.25. The molecule has 1 aromatic carbocycles. The lowest BCUT2D eigenvalue weighted by molar-refractivity contribution is 0.329. The largest absolute Gasteiger partial charge is 0.497 e. The topological polar surface area (TPSA) is 12.5 Å². The van der Waals surface area contributed by atoms with Crippen molar-refractivity contribution >= 4 is 11.6 Å². The Morgan fingerprint density at radius 1 is 1.22 bits per heavy atom. The average molecular weight is 272 g/mol. The van der Waals surface area contributed by atoms with Crippen LogP contribution in [-0.4, -0.2) is 38.0 Å². The molecule has 0 aliphatic rings. The third kappa shape index (κ3) is 8.37. The molecule has 0 amide bonds. The van der Waals surface area contributed by atoms with Crippen molar-refractivity contribution in [3.05, 3.63) is 30.3 Å². The summed E-state index contributed by atoms with van der Waals surface area (Å²) >= 11 is 6.03. The zero-order chi connectivity index (χ0) is 14.0. The molecule has 0 N–H and O–H groups in total. The number of para-hydroxylation sites is 1. The number of hydrogen-bond donors (Lipinski definition) is 0. The first kappa shape index (κ1) is 17.3. The summed E-state index contributed by atoms with van der Waals surface area (Å²) in [7, 11) is 5.82. The van der Waals surface area contributed by atoms with Crippen LogP contribution in [0.4, 0.5) is 0 Å². The third-order valence-electron chi connectivity index (χ3n) is 2.64. The van der Waals surface area contributed by atoms with E-state index in [1.165, 1.54) is 0 Å². The maximum atomic E-state index is 6.03. The fourth-order valence-electron chi connectivity index (χ4n) is 1.65. The minimum absolute atomic E-state index is 0.336. The molecule has 0 saturated heterocycles. The number of rotatable bonds is 5. The van der Waals surface area contributed by atoms with Gasteiger partial charge in [-0.3, -0.25) is 0 Å². The molecular weight excluding hydrogens is 246 g/mol. The van der Waals surface area contributed by atoms with Crippen LogP contribution in [-0.2, 0) is 0 Å². The van der Waals surface area contributed by atoms with E-state index in [9.17, 15) is 0 Å². The molecule has 104 valence electrons. The van der Waals surface area contributed by atoms with Crippen LogP contribution in [0.25, 0.3) is 0 Å². The summed E-state index contributed by atoms with van der Waals surface area (Å²) in [6.45, 7) is 5.41. The summed E-state index contributed by atoms with van der Waals surface area (Å²) in [6, 6.07) is 9.68. The second kappa shape index (κ2) is 10.2. The fourth-order valence-corrected chi connectivity index (χ4v) is 1.73. The van der Waals surface area contributed by atoms with Gasteiger partial charge in [0.1, 0.15) is 5.75 Å². The van der Waals surface area contributed by atoms with Crippen molar-refractivity contribution in [3.63, 3.8) is 0 Å². The number of halogens is 1. The Bertz CT molecular complexity index is 290. The number of nitrogens with zero attached hydrogens (tertiary/aromatic N) is 1. The van der Waals surface area contributed by atoms with Gasteiger partial charge in [0.05, 0.1) is 7.11 Å². The van der Waals surface area contributed by atoms with Gasteiger partial charge in [-0.25, -0.2) is 0 Å². The summed E-state index contributed by atoms with van der Waals surface area (Å²) in [5.41, 5.74) is 0. The first-order valence-corrected chi connectivity index (χ1v) is 6.82. The standard InChI is InChI=1S/C8H18ClN.C7H8O/c1-5-8(9)7(2)6-10(3)4;1-8-7-5-3-2-4-6-7/h7-8H,5-6H2,1-4H3;2-6H,1H3/t7-,8+;/m0./s1. The van der Waals surface area contributed by atoms with Gasteiger partial charge in [0, 0.05) is 11.9 Å². The maximum Gasteiger partial charge on any atom is 0.118 e. The van der Waals surface area contributed by atoms with E-state index in [1.807, 2.05) is 30.3 Å². The van der Waals surface area contributed by atoms with Crippen LogP contribution in [0.2, 0.25) is 0 Å². The van der Waals surface area contributed by atoms with Gasteiger partial charge >= 0.3 is 0 Å². The lowest BCUT2D eigenvalue weighted by atomic mass is 10.1. The quantitative estimate of drug-likeness (QED) is 0.753. The lowest BCUT2D eigenvalue weighted by Gasteiger charge is -2.20. The van der Waals surface area contributed by atoms with Crippen LogP contribution < -0.4 is 4.74 Å². The first-order valence-electron chi connectivity index (χ1n) is 6.39. The number of methoxy groups -OCH3 is 1. The van der Waals surface area contributed by atoms with Gasteiger partial charge in [0.2, 0.25) is 0 Å². The Morgan fingerprint density at radius 3 is 2.11 bits per heavy atom. The first-order chi connectivity index (χ1) is 8.51. The van der Waals surface area contributed by atoms with Crippen molar-refractivity contribution in [2.75, 3.05) is 27.7 Å². The predicted molar refractivity (Wildman–Crippen MR) is 80.6 cm³/mol. The molecule has 1 aromatic rings. The van der Waals surface area contributed by atoms with Gasteiger partial charge in [-0.2, -0.15) is 0 Å². The van der Waals surface area contributed by atoms with Crippen LogP contribution in [0.15, 0.2) is 30.3 Å². The van der Waals surface area contributed by atoms with E-state index in [1.54, 1.807) is 7.11 Å². The van der Waals surface area contributed by atoms with E-state index in [0.29, 0.717) is 11.3 Å². The number of benzene rings is 1. The van der Waals surface area contributed by atoms with Gasteiger partial charge < -0.3 is 9.64 Å². The van der Waals surface area contributed by atoms with Crippen LogP contribution >= 0.6 is 11.6 Å². The Labute approximate surface area is 117 Å². The molecule has 0 spiro atoms. The van der Waals surface area contributed by atoms with Crippen molar-refractivity contribution in [1.29, 1.82) is 0 Å². The normalized spacial score (nSPS) is 13.5. The van der Waals surface area contributed by atoms with E-state index in [4.69, 9.17) is 16.3 Å². The molecule has 0 aromatic heterocycles. The molecule has 2 atom stereocenters. The molecule has 0 heterocycles. The molecule has 2 nitrogen and oxygen atoms in total. The SMILES string of the molecule is CC[C@@H](Cl)[C@@H](C)CN(C)C.COc1ccccc1. The maximum absolute atomic E-state index is 6.03. The number of alkyl halides is 1. The van der Waals surface area contributed by atoms with Crippen LogP contribution in [0.5, 0.6) is 5.75 Å². The summed E-state index contributed by atoms with van der Waals surface area (Å²) in [5, 5.41) is 0.336. The Balaban J connectivity index is 0.000000327. The molecular formula is C15H26ClNO. The minimum Gasteiger partial charge on any atom is -0.497 e. The molecule has 0 aliphatic heterocycles. The van der Waals surface area contributed by atoms with Gasteiger partial charge in [-0.15, -0.1) is 11.6 Å². The molecule has 0 bridgehead atoms. The molecule has 1 rings (SSSR count). The minimum atomic E-state index is 0.336. The molecule has 0 radical (unpaired) electrons. The van der Waals surface area contributed by atoms with E-state index in [-0.39, 0.29) is 0 Å². The highest BCUT2D eigenvalue weighted by atomic mass is 35.5. The molecule has 0 unspecified atom stereocenters. The van der Waals surface area contributed by atoms with Crippen molar-refractivity contribution < 1.29 is 4.74 Å². The third-order valence-corrected chi connectivity index (χ3v) is 3.38. The molecule has 18 heavy (non-hydrogen) atoms. The second-order valence-corrected chi connectivity index (χ2v) is 5.24. The van der Waals surface area contributed by atoms with Crippen LogP contribution in [0, 0.1) is 5.92 Å². The van der Waals surface area contributed by atoms with Gasteiger partial charge in [-0.05, 0) is 38.6 Å². The van der Waals surface area contributed by atoms with E-state index in [0.717, 1.165) is 18.7 Å². The van der Waals surface area contributed by atoms with Crippen molar-refractivity contribution in [2.24, 2.45) is 5.92 Å². The predicted octanol–water partition coefficient (Wildman–Crippen LogP) is 3.90. The second-order valence-electron chi connectivity index (χ2n) is 4.68. The summed E-state index contributed by atoms with van der Waals surface area (Å²) < 4.78 is 4.91. The van der Waals surface area contributed by atoms with Crippen LogP contribution in [0.3, 0.4) is 0 Å². The zero-order valence-corrected chi connectivity index (χ0v) is 12.9. The van der Waals surface area contributed by atoms with Crippen LogP contribution in [0.1, 0.15) is 20.3 Å². The van der Waals surface area contributed by atoms with Crippen molar-refractivity contribution in [1.82, 2.24) is 4.90 Å².